The summed E-state index contributed by atoms with van der Waals surface area (Å²) >= 11 is 0. The molecule has 0 heterocycles. The predicted octanol–water partition coefficient (Wildman–Crippen LogP) is 3.84. The van der Waals surface area contributed by atoms with Gasteiger partial charge < -0.3 is 19.7 Å². The van der Waals surface area contributed by atoms with Gasteiger partial charge in [-0.2, -0.15) is 0 Å². The average Bonchev–Trinajstić information content (AvgIpc) is 2.94. The van der Waals surface area contributed by atoms with Crippen LogP contribution in [0.4, 0.5) is 5.69 Å². The van der Waals surface area contributed by atoms with Crippen LogP contribution in [0.5, 0.6) is 11.5 Å². The van der Waals surface area contributed by atoms with E-state index >= 15 is 0 Å². The molecule has 0 fully saturated rings. The predicted molar refractivity (Wildman–Crippen MR) is 150 cm³/mol. The molecule has 10 heteroatoms. The van der Waals surface area contributed by atoms with Crippen LogP contribution in [0.25, 0.3) is 0 Å². The maximum Gasteiger partial charge on any atom is 0.264 e. The van der Waals surface area contributed by atoms with Crippen LogP contribution >= 0.6 is 0 Å². The van der Waals surface area contributed by atoms with Crippen LogP contribution in [0.2, 0.25) is 0 Å². The van der Waals surface area contributed by atoms with Crippen molar-refractivity contribution in [3.05, 3.63) is 84.4 Å². The number of hydrogen-bond acceptors (Lipinski definition) is 6. The highest BCUT2D eigenvalue weighted by molar-refractivity contribution is 7.92. The summed E-state index contributed by atoms with van der Waals surface area (Å²) in [5.74, 6) is 0.230. The van der Waals surface area contributed by atoms with Crippen molar-refractivity contribution in [2.45, 2.75) is 44.3 Å². The summed E-state index contributed by atoms with van der Waals surface area (Å²) in [6.45, 7) is 4.85. The minimum atomic E-state index is -4.15. The zero-order valence-electron chi connectivity index (χ0n) is 22.8. The summed E-state index contributed by atoms with van der Waals surface area (Å²) in [5.41, 5.74) is 1.05. The van der Waals surface area contributed by atoms with Gasteiger partial charge in [0.05, 0.1) is 24.8 Å². The Morgan fingerprint density at radius 1 is 0.846 bits per heavy atom. The largest absolute Gasteiger partial charge is 0.497 e. The lowest BCUT2D eigenvalue weighted by molar-refractivity contribution is -0.139. The number of ether oxygens (including phenoxy) is 2. The van der Waals surface area contributed by atoms with E-state index in [9.17, 15) is 18.0 Å². The molecule has 3 aromatic rings. The van der Waals surface area contributed by atoms with E-state index in [4.69, 9.17) is 9.47 Å². The van der Waals surface area contributed by atoms with E-state index in [1.54, 1.807) is 74.7 Å². The van der Waals surface area contributed by atoms with Crippen molar-refractivity contribution in [1.82, 2.24) is 10.2 Å². The van der Waals surface area contributed by atoms with Crippen LogP contribution in [0.1, 0.15) is 26.3 Å². The Labute approximate surface area is 230 Å². The fourth-order valence-corrected chi connectivity index (χ4v) is 5.37. The van der Waals surface area contributed by atoms with Crippen LogP contribution in [0.3, 0.4) is 0 Å². The number of rotatable bonds is 12. The van der Waals surface area contributed by atoms with Gasteiger partial charge in [0.2, 0.25) is 11.8 Å². The quantitative estimate of drug-likeness (QED) is 0.365. The molecule has 0 bridgehead atoms. The van der Waals surface area contributed by atoms with Crippen molar-refractivity contribution in [2.75, 3.05) is 25.1 Å². The van der Waals surface area contributed by atoms with Crippen molar-refractivity contribution in [1.29, 1.82) is 0 Å². The molecule has 1 atom stereocenters. The molecule has 2 amide bonds. The lowest BCUT2D eigenvalue weighted by atomic mass is 10.1. The van der Waals surface area contributed by atoms with E-state index < -0.39 is 28.5 Å². The van der Waals surface area contributed by atoms with Crippen molar-refractivity contribution in [2.24, 2.45) is 0 Å². The van der Waals surface area contributed by atoms with Gasteiger partial charge in [0.25, 0.3) is 10.0 Å². The lowest BCUT2D eigenvalue weighted by Crippen LogP contribution is -2.52. The number of para-hydroxylation sites is 1. The van der Waals surface area contributed by atoms with Gasteiger partial charge in [-0.15, -0.1) is 0 Å². The molecule has 0 saturated carbocycles. The minimum Gasteiger partial charge on any atom is -0.497 e. The molecule has 9 nitrogen and oxygen atoms in total. The van der Waals surface area contributed by atoms with Crippen LogP contribution in [0, 0.1) is 0 Å². The first-order valence-electron chi connectivity index (χ1n) is 12.5. The number of carbonyl (C=O) groups excluding carboxylic acids is 2. The maximum absolute atomic E-state index is 13.9. The molecule has 0 spiro atoms. The lowest BCUT2D eigenvalue weighted by Gasteiger charge is -2.32. The smallest absolute Gasteiger partial charge is 0.264 e. The number of sulfonamides is 1. The third-order valence-electron chi connectivity index (χ3n) is 6.06. The molecule has 39 heavy (non-hydrogen) atoms. The SMILES string of the molecule is COc1ccc(S(=O)(=O)N(CC(=O)N(Cc2cccc(OC)c2)[C@@H](C)C(=O)NC(C)C)c2ccccc2)cc1. The minimum absolute atomic E-state index is 0.00454. The number of nitrogens with zero attached hydrogens (tertiary/aromatic N) is 2. The summed E-state index contributed by atoms with van der Waals surface area (Å²) in [5, 5.41) is 2.84. The second-order valence-electron chi connectivity index (χ2n) is 9.24. The topological polar surface area (TPSA) is 105 Å². The number of amides is 2. The summed E-state index contributed by atoms with van der Waals surface area (Å²) in [6, 6.07) is 20.5. The molecule has 0 aromatic heterocycles. The number of hydrogen-bond donors (Lipinski definition) is 1. The molecule has 0 aliphatic carbocycles. The van der Waals surface area contributed by atoms with E-state index in [-0.39, 0.29) is 23.4 Å². The van der Waals surface area contributed by atoms with Gasteiger partial charge in [-0.1, -0.05) is 30.3 Å². The highest BCUT2D eigenvalue weighted by Gasteiger charge is 2.32. The van der Waals surface area contributed by atoms with Crippen LogP contribution in [0.15, 0.2) is 83.8 Å². The molecule has 0 aliphatic heterocycles. The zero-order chi connectivity index (χ0) is 28.6. The molecule has 1 N–H and O–H groups in total. The molecule has 208 valence electrons. The second kappa shape index (κ2) is 13.1. The van der Waals surface area contributed by atoms with E-state index in [0.717, 1.165) is 9.87 Å². The van der Waals surface area contributed by atoms with Crippen LogP contribution in [-0.2, 0) is 26.2 Å². The Morgan fingerprint density at radius 2 is 1.49 bits per heavy atom. The fraction of sp³-hybridized carbons (Fsp3) is 0.310. The number of methoxy groups -OCH3 is 2. The van der Waals surface area contributed by atoms with Crippen LogP contribution in [-0.4, -0.2) is 58.0 Å². The van der Waals surface area contributed by atoms with Crippen LogP contribution < -0.4 is 19.1 Å². The summed E-state index contributed by atoms with van der Waals surface area (Å²) < 4.78 is 39.1. The molecule has 0 unspecified atom stereocenters. The van der Waals surface area contributed by atoms with E-state index in [2.05, 4.69) is 5.32 Å². The maximum atomic E-state index is 13.9. The summed E-state index contributed by atoms with van der Waals surface area (Å²) in [7, 11) is -1.11. The first-order valence-corrected chi connectivity index (χ1v) is 14.0. The first kappa shape index (κ1) is 29.5. The second-order valence-corrected chi connectivity index (χ2v) is 11.1. The van der Waals surface area contributed by atoms with Gasteiger partial charge in [0.15, 0.2) is 0 Å². The number of anilines is 1. The number of benzene rings is 3. The number of carbonyl (C=O) groups is 2. The highest BCUT2D eigenvalue weighted by Crippen LogP contribution is 2.26. The molecular weight excluding hydrogens is 518 g/mol. The van der Waals surface area contributed by atoms with E-state index in [0.29, 0.717) is 17.2 Å². The molecule has 3 rings (SSSR count). The Balaban J connectivity index is 2.01. The monoisotopic (exact) mass is 553 g/mol. The average molecular weight is 554 g/mol. The van der Waals surface area contributed by atoms with Crippen molar-refractivity contribution in [3.8, 4) is 11.5 Å². The van der Waals surface area contributed by atoms with Gasteiger partial charge in [-0.25, -0.2) is 8.42 Å². The fourth-order valence-electron chi connectivity index (χ4n) is 3.95. The Kier molecular flexibility index (Phi) is 9.95. The van der Waals surface area contributed by atoms with Crippen molar-refractivity contribution in [3.63, 3.8) is 0 Å². The van der Waals surface area contributed by atoms with Gasteiger partial charge in [0, 0.05) is 12.6 Å². The molecular formula is C29H35N3O6S. The highest BCUT2D eigenvalue weighted by atomic mass is 32.2. The third-order valence-corrected chi connectivity index (χ3v) is 7.84. The zero-order valence-corrected chi connectivity index (χ0v) is 23.6. The molecule has 3 aromatic carbocycles. The summed E-state index contributed by atoms with van der Waals surface area (Å²) in [4.78, 5) is 28.2. The Morgan fingerprint density at radius 3 is 2.08 bits per heavy atom. The first-order chi connectivity index (χ1) is 18.6. The van der Waals surface area contributed by atoms with Gasteiger partial charge in [-0.3, -0.25) is 13.9 Å². The van der Waals surface area contributed by atoms with E-state index in [1.165, 1.54) is 24.1 Å². The standard InChI is InChI=1S/C29H35N3O6S/c1-21(2)30-29(34)22(3)31(19-23-10-9-13-26(18-23)38-5)28(33)20-32(24-11-7-6-8-12-24)39(35,36)27-16-14-25(37-4)15-17-27/h6-18,21-22H,19-20H2,1-5H3,(H,30,34)/t22-/m0/s1. The Hall–Kier alpha value is -4.05. The van der Waals surface area contributed by atoms with Gasteiger partial charge in [0.1, 0.15) is 24.1 Å². The normalized spacial score (nSPS) is 11.9. The molecule has 0 radical (unpaired) electrons. The number of nitrogens with one attached hydrogen (secondary N) is 1. The van der Waals surface area contributed by atoms with Gasteiger partial charge in [-0.05, 0) is 74.9 Å². The van der Waals surface area contributed by atoms with E-state index in [1.807, 2.05) is 19.9 Å². The Bertz CT molecular complexity index is 1360. The molecule has 0 aliphatic rings. The summed E-state index contributed by atoms with van der Waals surface area (Å²) in [6.07, 6.45) is 0. The van der Waals surface area contributed by atoms with Crippen molar-refractivity contribution < 1.29 is 27.5 Å². The molecule has 0 saturated heterocycles. The third kappa shape index (κ3) is 7.51. The van der Waals surface area contributed by atoms with Gasteiger partial charge >= 0.3 is 0 Å². The van der Waals surface area contributed by atoms with Crippen molar-refractivity contribution >= 4 is 27.5 Å².